The van der Waals surface area contributed by atoms with Crippen LogP contribution >= 0.6 is 0 Å². The summed E-state index contributed by atoms with van der Waals surface area (Å²) in [6, 6.07) is 10.5. The van der Waals surface area contributed by atoms with Gasteiger partial charge in [0.15, 0.2) is 6.10 Å². The van der Waals surface area contributed by atoms with Crippen LogP contribution in [0.4, 0.5) is 0 Å². The lowest BCUT2D eigenvalue weighted by atomic mass is 10.1. The number of aliphatic hydroxyl groups is 1. The summed E-state index contributed by atoms with van der Waals surface area (Å²) in [4.78, 5) is 13.7. The number of hydrogen-bond donors (Lipinski definition) is 1. The highest BCUT2D eigenvalue weighted by atomic mass is 16.5. The van der Waals surface area contributed by atoms with E-state index in [2.05, 4.69) is 0 Å². The number of carbonyl (C=O) groups excluding carboxylic acids is 1. The van der Waals surface area contributed by atoms with E-state index in [1.54, 1.807) is 38.4 Å². The molecule has 2 rings (SSSR count). The van der Waals surface area contributed by atoms with Crippen molar-refractivity contribution in [3.63, 3.8) is 0 Å². The Labute approximate surface area is 123 Å². The van der Waals surface area contributed by atoms with Crippen molar-refractivity contribution < 1.29 is 19.1 Å². The van der Waals surface area contributed by atoms with E-state index in [4.69, 9.17) is 9.15 Å². The van der Waals surface area contributed by atoms with Gasteiger partial charge in [-0.25, -0.2) is 0 Å². The molecule has 1 atom stereocenters. The van der Waals surface area contributed by atoms with Gasteiger partial charge in [0.2, 0.25) is 0 Å². The lowest BCUT2D eigenvalue weighted by Gasteiger charge is -2.20. The normalized spacial score (nSPS) is 12.0. The Bertz CT molecular complexity index is 620. The van der Waals surface area contributed by atoms with Crippen molar-refractivity contribution in [3.8, 4) is 5.75 Å². The van der Waals surface area contributed by atoms with Gasteiger partial charge in [-0.1, -0.05) is 12.1 Å². The van der Waals surface area contributed by atoms with Crippen molar-refractivity contribution in [1.29, 1.82) is 0 Å². The molecular weight excluding hydrogens is 270 g/mol. The van der Waals surface area contributed by atoms with Crippen LogP contribution in [0, 0.1) is 6.92 Å². The van der Waals surface area contributed by atoms with Crippen molar-refractivity contribution >= 4 is 5.91 Å². The van der Waals surface area contributed by atoms with Crippen LogP contribution in [-0.4, -0.2) is 30.1 Å². The molecule has 112 valence electrons. The third-order valence-corrected chi connectivity index (χ3v) is 3.21. The molecule has 1 unspecified atom stereocenters. The second-order valence-corrected chi connectivity index (χ2v) is 4.89. The van der Waals surface area contributed by atoms with Crippen molar-refractivity contribution in [1.82, 2.24) is 4.90 Å². The lowest BCUT2D eigenvalue weighted by Crippen LogP contribution is -2.31. The Kier molecular flexibility index (Phi) is 4.65. The molecule has 0 fully saturated rings. The van der Waals surface area contributed by atoms with E-state index in [0.717, 1.165) is 5.76 Å². The summed E-state index contributed by atoms with van der Waals surface area (Å²) < 4.78 is 10.5. The van der Waals surface area contributed by atoms with Gasteiger partial charge in [0, 0.05) is 7.05 Å². The van der Waals surface area contributed by atoms with Crippen LogP contribution in [0.2, 0.25) is 0 Å². The van der Waals surface area contributed by atoms with Gasteiger partial charge in [-0.2, -0.15) is 0 Å². The summed E-state index contributed by atoms with van der Waals surface area (Å²) in [6.07, 6.45) is -1.22. The number of methoxy groups -OCH3 is 1. The Morgan fingerprint density at radius 1 is 1.38 bits per heavy atom. The zero-order valence-electron chi connectivity index (χ0n) is 12.4. The van der Waals surface area contributed by atoms with E-state index in [0.29, 0.717) is 23.6 Å². The molecule has 0 radical (unpaired) electrons. The van der Waals surface area contributed by atoms with Crippen LogP contribution in [0.15, 0.2) is 40.8 Å². The number of amides is 1. The van der Waals surface area contributed by atoms with Gasteiger partial charge in [-0.15, -0.1) is 0 Å². The quantitative estimate of drug-likeness (QED) is 0.917. The smallest absolute Gasteiger partial charge is 0.256 e. The molecule has 5 heteroatoms. The van der Waals surface area contributed by atoms with Gasteiger partial charge in [0.1, 0.15) is 17.3 Å². The molecule has 0 bridgehead atoms. The number of nitrogens with zero attached hydrogens (tertiary/aromatic N) is 1. The van der Waals surface area contributed by atoms with E-state index in [9.17, 15) is 9.90 Å². The number of likely N-dealkylation sites (N-methyl/N-ethyl adjacent to an activating group) is 1. The fourth-order valence-electron chi connectivity index (χ4n) is 2.04. The minimum absolute atomic E-state index is 0.313. The molecule has 5 nitrogen and oxygen atoms in total. The van der Waals surface area contributed by atoms with Crippen LogP contribution in [0.1, 0.15) is 23.2 Å². The molecule has 1 aromatic carbocycles. The van der Waals surface area contributed by atoms with E-state index in [1.807, 2.05) is 19.1 Å². The zero-order valence-corrected chi connectivity index (χ0v) is 12.4. The molecule has 0 aliphatic carbocycles. The topological polar surface area (TPSA) is 62.9 Å². The average molecular weight is 289 g/mol. The first kappa shape index (κ1) is 15.1. The summed E-state index contributed by atoms with van der Waals surface area (Å²) in [5, 5.41) is 10.2. The predicted molar refractivity (Wildman–Crippen MR) is 77.9 cm³/mol. The fourth-order valence-corrected chi connectivity index (χ4v) is 2.04. The monoisotopic (exact) mass is 289 g/mol. The first-order chi connectivity index (χ1) is 10.0. The molecule has 1 heterocycles. The molecule has 0 spiro atoms. The Morgan fingerprint density at radius 3 is 2.76 bits per heavy atom. The second kappa shape index (κ2) is 6.45. The molecule has 21 heavy (non-hydrogen) atoms. The molecule has 1 amide bonds. The van der Waals surface area contributed by atoms with Gasteiger partial charge in [-0.05, 0) is 36.8 Å². The van der Waals surface area contributed by atoms with Gasteiger partial charge >= 0.3 is 0 Å². The summed E-state index contributed by atoms with van der Waals surface area (Å²) in [5.74, 6) is 1.68. The largest absolute Gasteiger partial charge is 0.497 e. The van der Waals surface area contributed by atoms with Gasteiger partial charge in [0.25, 0.3) is 5.91 Å². The van der Waals surface area contributed by atoms with Crippen molar-refractivity contribution in [2.45, 2.75) is 19.6 Å². The maximum atomic E-state index is 12.2. The minimum atomic E-state index is -1.22. The predicted octanol–water partition coefficient (Wildman–Crippen LogP) is 2.29. The highest BCUT2D eigenvalue weighted by molar-refractivity contribution is 5.81. The number of rotatable bonds is 5. The van der Waals surface area contributed by atoms with Gasteiger partial charge < -0.3 is 19.2 Å². The molecule has 0 saturated heterocycles. The highest BCUT2D eigenvalue weighted by Crippen LogP contribution is 2.21. The third kappa shape index (κ3) is 3.64. The Morgan fingerprint density at radius 2 is 2.14 bits per heavy atom. The average Bonchev–Trinajstić information content (AvgIpc) is 2.90. The Hall–Kier alpha value is -2.27. The number of furan rings is 1. The van der Waals surface area contributed by atoms with Gasteiger partial charge in [-0.3, -0.25) is 4.79 Å². The molecule has 0 aliphatic rings. The maximum Gasteiger partial charge on any atom is 0.256 e. The number of aryl methyl sites for hydroxylation is 1. The summed E-state index contributed by atoms with van der Waals surface area (Å²) in [7, 11) is 3.17. The second-order valence-electron chi connectivity index (χ2n) is 4.89. The van der Waals surface area contributed by atoms with Crippen LogP contribution in [-0.2, 0) is 11.3 Å². The van der Waals surface area contributed by atoms with Gasteiger partial charge in [0.05, 0.1) is 13.7 Å². The molecule has 1 aromatic heterocycles. The van der Waals surface area contributed by atoms with E-state index >= 15 is 0 Å². The zero-order chi connectivity index (χ0) is 15.4. The summed E-state index contributed by atoms with van der Waals surface area (Å²) in [6.45, 7) is 2.16. The van der Waals surface area contributed by atoms with E-state index in [-0.39, 0.29) is 0 Å². The van der Waals surface area contributed by atoms with Crippen LogP contribution in [0.3, 0.4) is 0 Å². The SMILES string of the molecule is COc1cccc(C(O)C(=O)N(C)Cc2ccc(C)o2)c1. The van der Waals surface area contributed by atoms with Crippen LogP contribution < -0.4 is 4.74 Å². The number of ether oxygens (including phenoxy) is 1. The third-order valence-electron chi connectivity index (χ3n) is 3.21. The van der Waals surface area contributed by atoms with Crippen LogP contribution in [0.5, 0.6) is 5.75 Å². The number of benzene rings is 1. The molecular formula is C16H19NO4. The molecule has 2 aromatic rings. The van der Waals surface area contributed by atoms with E-state index in [1.165, 1.54) is 4.90 Å². The van der Waals surface area contributed by atoms with E-state index < -0.39 is 12.0 Å². The molecule has 0 aliphatic heterocycles. The molecule has 1 N–H and O–H groups in total. The number of carbonyl (C=O) groups is 1. The standard InChI is InChI=1S/C16H19NO4/c1-11-7-8-14(21-11)10-17(2)16(19)15(18)12-5-4-6-13(9-12)20-3/h4-9,15,18H,10H2,1-3H3. The molecule has 0 saturated carbocycles. The first-order valence-electron chi connectivity index (χ1n) is 6.63. The first-order valence-corrected chi connectivity index (χ1v) is 6.63. The number of aliphatic hydroxyl groups excluding tert-OH is 1. The lowest BCUT2D eigenvalue weighted by molar-refractivity contribution is -0.139. The number of hydrogen-bond acceptors (Lipinski definition) is 4. The van der Waals surface area contributed by atoms with Crippen molar-refractivity contribution in [3.05, 3.63) is 53.5 Å². The summed E-state index contributed by atoms with van der Waals surface area (Å²) >= 11 is 0. The Balaban J connectivity index is 2.07. The maximum absolute atomic E-state index is 12.2. The summed E-state index contributed by atoms with van der Waals surface area (Å²) in [5.41, 5.74) is 0.502. The highest BCUT2D eigenvalue weighted by Gasteiger charge is 2.22. The fraction of sp³-hybridized carbons (Fsp3) is 0.312. The van der Waals surface area contributed by atoms with Crippen molar-refractivity contribution in [2.75, 3.05) is 14.2 Å². The van der Waals surface area contributed by atoms with Crippen molar-refractivity contribution in [2.24, 2.45) is 0 Å². The van der Waals surface area contributed by atoms with Crippen LogP contribution in [0.25, 0.3) is 0 Å². The minimum Gasteiger partial charge on any atom is -0.497 e.